The highest BCUT2D eigenvalue weighted by atomic mass is 19.3. The number of aliphatic carboxylic acids is 1. The number of carboxylic acids is 1. The van der Waals surface area contributed by atoms with E-state index in [-0.39, 0.29) is 5.56 Å². The van der Waals surface area contributed by atoms with Gasteiger partial charge in [-0.3, -0.25) is 9.59 Å². The Balaban J connectivity index is 3.06. The summed E-state index contributed by atoms with van der Waals surface area (Å²) in [6, 6.07) is 0.900. The Labute approximate surface area is 77.2 Å². The van der Waals surface area contributed by atoms with Gasteiger partial charge < -0.3 is 10.1 Å². The highest BCUT2D eigenvalue weighted by molar-refractivity contribution is 5.70. The zero-order valence-corrected chi connectivity index (χ0v) is 6.96. The Bertz CT molecular complexity index is 400. The molecule has 0 bridgehead atoms. The van der Waals surface area contributed by atoms with E-state index in [9.17, 15) is 18.4 Å². The molecule has 0 saturated heterocycles. The van der Waals surface area contributed by atoms with Gasteiger partial charge in [-0.15, -0.1) is 0 Å². The fourth-order valence-electron chi connectivity index (χ4n) is 0.987. The SMILES string of the molecule is O=C(O)Cc1c[nH]c(=O)c(C(F)F)c1. The van der Waals surface area contributed by atoms with Crippen LogP contribution in [-0.2, 0) is 11.2 Å². The van der Waals surface area contributed by atoms with Gasteiger partial charge in [0.05, 0.1) is 12.0 Å². The third kappa shape index (κ3) is 2.38. The van der Waals surface area contributed by atoms with Gasteiger partial charge in [-0.05, 0) is 11.6 Å². The lowest BCUT2D eigenvalue weighted by Gasteiger charge is -2.00. The minimum Gasteiger partial charge on any atom is -0.481 e. The van der Waals surface area contributed by atoms with E-state index in [0.717, 1.165) is 12.3 Å². The average Bonchev–Trinajstić information content (AvgIpc) is 2.07. The molecule has 76 valence electrons. The zero-order valence-electron chi connectivity index (χ0n) is 6.96. The van der Waals surface area contributed by atoms with Crippen molar-refractivity contribution in [3.8, 4) is 0 Å². The molecule has 0 radical (unpaired) electrons. The summed E-state index contributed by atoms with van der Waals surface area (Å²) in [5, 5.41) is 8.39. The molecule has 0 atom stereocenters. The number of carbonyl (C=O) groups is 1. The fraction of sp³-hybridized carbons (Fsp3) is 0.250. The van der Waals surface area contributed by atoms with Gasteiger partial charge >= 0.3 is 5.97 Å². The van der Waals surface area contributed by atoms with E-state index in [0.29, 0.717) is 0 Å². The van der Waals surface area contributed by atoms with Crippen molar-refractivity contribution in [2.45, 2.75) is 12.8 Å². The minimum atomic E-state index is -2.90. The van der Waals surface area contributed by atoms with E-state index in [4.69, 9.17) is 5.11 Å². The highest BCUT2D eigenvalue weighted by Crippen LogP contribution is 2.15. The first-order chi connectivity index (χ1) is 6.50. The summed E-state index contributed by atoms with van der Waals surface area (Å²) in [5.41, 5.74) is -1.45. The molecule has 1 aromatic rings. The lowest BCUT2D eigenvalue weighted by atomic mass is 10.1. The van der Waals surface area contributed by atoms with Crippen LogP contribution in [0, 0.1) is 0 Å². The number of H-pyrrole nitrogens is 1. The van der Waals surface area contributed by atoms with Crippen LogP contribution in [-0.4, -0.2) is 16.1 Å². The van der Waals surface area contributed by atoms with E-state index in [1.165, 1.54) is 0 Å². The van der Waals surface area contributed by atoms with Crippen molar-refractivity contribution >= 4 is 5.97 Å². The Kier molecular flexibility index (Phi) is 2.95. The molecule has 1 heterocycles. The van der Waals surface area contributed by atoms with E-state index in [2.05, 4.69) is 4.98 Å². The quantitative estimate of drug-likeness (QED) is 0.767. The lowest BCUT2D eigenvalue weighted by Crippen LogP contribution is -2.14. The largest absolute Gasteiger partial charge is 0.481 e. The molecule has 0 saturated carbocycles. The number of nitrogens with one attached hydrogen (secondary N) is 1. The smallest absolute Gasteiger partial charge is 0.307 e. The van der Waals surface area contributed by atoms with Crippen molar-refractivity contribution in [2.24, 2.45) is 0 Å². The minimum absolute atomic E-state index is 0.146. The molecule has 0 fully saturated rings. The molecular weight excluding hydrogens is 196 g/mol. The molecule has 0 aromatic carbocycles. The van der Waals surface area contributed by atoms with Crippen LogP contribution >= 0.6 is 0 Å². The number of hydrogen-bond donors (Lipinski definition) is 2. The number of carboxylic acid groups (broad SMARTS) is 1. The predicted octanol–water partition coefficient (Wildman–Crippen LogP) is 0.940. The van der Waals surface area contributed by atoms with Gasteiger partial charge in [0.25, 0.3) is 12.0 Å². The summed E-state index contributed by atoms with van der Waals surface area (Å²) < 4.78 is 24.4. The molecular formula is C8H7F2NO3. The summed E-state index contributed by atoms with van der Waals surface area (Å²) in [5.74, 6) is -1.14. The first kappa shape index (κ1) is 10.4. The molecule has 6 heteroatoms. The van der Waals surface area contributed by atoms with Crippen molar-refractivity contribution in [1.29, 1.82) is 0 Å². The molecule has 1 aromatic heterocycles. The van der Waals surface area contributed by atoms with Crippen molar-refractivity contribution < 1.29 is 18.7 Å². The summed E-state index contributed by atoms with van der Waals surface area (Å²) in [6.07, 6.45) is -2.17. The Morgan fingerprint density at radius 3 is 2.71 bits per heavy atom. The summed E-state index contributed by atoms with van der Waals surface area (Å²) in [4.78, 5) is 23.1. The third-order valence-electron chi connectivity index (χ3n) is 1.58. The van der Waals surface area contributed by atoms with E-state index in [1.807, 2.05) is 0 Å². The normalized spacial score (nSPS) is 10.5. The highest BCUT2D eigenvalue weighted by Gasteiger charge is 2.13. The number of hydrogen-bond acceptors (Lipinski definition) is 2. The van der Waals surface area contributed by atoms with Crippen LogP contribution in [0.15, 0.2) is 17.1 Å². The maximum atomic E-state index is 12.2. The average molecular weight is 203 g/mol. The second-order valence-electron chi connectivity index (χ2n) is 2.66. The van der Waals surface area contributed by atoms with Crippen LogP contribution in [0.1, 0.15) is 17.6 Å². The summed E-state index contributed by atoms with van der Waals surface area (Å²) >= 11 is 0. The molecule has 0 unspecified atom stereocenters. The monoisotopic (exact) mass is 203 g/mol. The van der Waals surface area contributed by atoms with Crippen LogP contribution < -0.4 is 5.56 Å². The first-order valence-electron chi connectivity index (χ1n) is 3.72. The fourth-order valence-corrected chi connectivity index (χ4v) is 0.987. The molecule has 4 nitrogen and oxygen atoms in total. The van der Waals surface area contributed by atoms with Crippen LogP contribution in [0.3, 0.4) is 0 Å². The van der Waals surface area contributed by atoms with Gasteiger partial charge in [0.15, 0.2) is 0 Å². The van der Waals surface area contributed by atoms with Crippen LogP contribution in [0.25, 0.3) is 0 Å². The van der Waals surface area contributed by atoms with Crippen molar-refractivity contribution in [2.75, 3.05) is 0 Å². The molecule has 0 aliphatic heterocycles. The molecule has 1 rings (SSSR count). The predicted molar refractivity (Wildman–Crippen MR) is 43.4 cm³/mol. The third-order valence-corrected chi connectivity index (χ3v) is 1.58. The van der Waals surface area contributed by atoms with Gasteiger partial charge in [-0.1, -0.05) is 0 Å². The molecule has 2 N–H and O–H groups in total. The summed E-state index contributed by atoms with van der Waals surface area (Å²) in [7, 11) is 0. The molecule has 14 heavy (non-hydrogen) atoms. The van der Waals surface area contributed by atoms with E-state index < -0.39 is 29.9 Å². The van der Waals surface area contributed by atoms with Crippen LogP contribution in [0.2, 0.25) is 0 Å². The first-order valence-corrected chi connectivity index (χ1v) is 3.72. The number of aromatic nitrogens is 1. The lowest BCUT2D eigenvalue weighted by molar-refractivity contribution is -0.136. The zero-order chi connectivity index (χ0) is 10.7. The Morgan fingerprint density at radius 2 is 2.21 bits per heavy atom. The van der Waals surface area contributed by atoms with Gasteiger partial charge in [0, 0.05) is 6.20 Å². The van der Waals surface area contributed by atoms with Crippen LogP contribution in [0.5, 0.6) is 0 Å². The van der Waals surface area contributed by atoms with Crippen molar-refractivity contribution in [1.82, 2.24) is 4.98 Å². The van der Waals surface area contributed by atoms with E-state index >= 15 is 0 Å². The summed E-state index contributed by atoms with van der Waals surface area (Å²) in [6.45, 7) is 0. The van der Waals surface area contributed by atoms with Gasteiger partial charge in [0.2, 0.25) is 0 Å². The Hall–Kier alpha value is -1.72. The molecule has 0 amide bonds. The number of rotatable bonds is 3. The molecule has 0 aliphatic carbocycles. The molecule has 0 spiro atoms. The van der Waals surface area contributed by atoms with Gasteiger partial charge in [0.1, 0.15) is 0 Å². The van der Waals surface area contributed by atoms with Crippen molar-refractivity contribution in [3.05, 3.63) is 33.7 Å². The number of aromatic amines is 1. The number of halogens is 2. The number of alkyl halides is 2. The van der Waals surface area contributed by atoms with Gasteiger partial charge in [-0.2, -0.15) is 0 Å². The van der Waals surface area contributed by atoms with E-state index in [1.54, 1.807) is 0 Å². The van der Waals surface area contributed by atoms with Gasteiger partial charge in [-0.25, -0.2) is 8.78 Å². The molecule has 0 aliphatic rings. The van der Waals surface area contributed by atoms with Crippen LogP contribution in [0.4, 0.5) is 8.78 Å². The second-order valence-corrected chi connectivity index (χ2v) is 2.66. The maximum Gasteiger partial charge on any atom is 0.307 e. The topological polar surface area (TPSA) is 70.2 Å². The maximum absolute atomic E-state index is 12.2. The standard InChI is InChI=1S/C8H7F2NO3/c9-7(10)5-1-4(2-6(12)13)3-11-8(5)14/h1,3,7H,2H2,(H,11,14)(H,12,13). The number of pyridine rings is 1. The van der Waals surface area contributed by atoms with Crippen molar-refractivity contribution in [3.63, 3.8) is 0 Å². The second kappa shape index (κ2) is 3.99. The Morgan fingerprint density at radius 1 is 1.57 bits per heavy atom.